The van der Waals surface area contributed by atoms with Gasteiger partial charge in [0.2, 0.25) is 0 Å². The Morgan fingerprint density at radius 3 is 1.08 bits per heavy atom. The molecule has 0 aromatic carbocycles. The van der Waals surface area contributed by atoms with Crippen molar-refractivity contribution in [3.8, 4) is 0 Å². The van der Waals surface area contributed by atoms with Gasteiger partial charge in [-0.3, -0.25) is 24.1 Å². The molecule has 0 aliphatic rings. The predicted molar refractivity (Wildman–Crippen MR) is 81.7 cm³/mol. The van der Waals surface area contributed by atoms with Gasteiger partial charge in [0, 0.05) is 0 Å². The van der Waals surface area contributed by atoms with Crippen LogP contribution in [-0.4, -0.2) is 76.3 Å². The lowest BCUT2D eigenvalue weighted by molar-refractivity contribution is -0.167. The van der Waals surface area contributed by atoms with Gasteiger partial charge in [0.15, 0.2) is 0 Å². The van der Waals surface area contributed by atoms with Crippen molar-refractivity contribution in [2.45, 2.75) is 25.9 Å². The number of carbonyl (C=O) groups excluding carboxylic acids is 4. The smallest absolute Gasteiger partial charge is 0.323 e. The average Bonchev–Trinajstić information content (AvgIpc) is 2.59. The summed E-state index contributed by atoms with van der Waals surface area (Å²) in [5.74, 6) is -4.70. The van der Waals surface area contributed by atoms with E-state index in [0.717, 1.165) is 14.2 Å². The van der Waals surface area contributed by atoms with Gasteiger partial charge in [-0.1, -0.05) is 0 Å². The van der Waals surface area contributed by atoms with Gasteiger partial charge in [0.05, 0.1) is 40.3 Å². The lowest BCUT2D eigenvalue weighted by Crippen LogP contribution is -2.56. The highest BCUT2D eigenvalue weighted by molar-refractivity contribution is 5.87. The number of nitrogens with zero attached hydrogens (tertiary/aromatic N) is 1. The molecule has 0 saturated carbocycles. The molecule has 0 fully saturated rings. The molecule has 0 heterocycles. The lowest BCUT2D eigenvalue weighted by Gasteiger charge is -2.35. The monoisotopic (exact) mass is 347 g/mol. The van der Waals surface area contributed by atoms with Crippen LogP contribution in [0.25, 0.3) is 0 Å². The first-order chi connectivity index (χ1) is 11.2. The van der Waals surface area contributed by atoms with E-state index in [2.05, 4.69) is 9.47 Å². The number of esters is 4. The third-order valence-electron chi connectivity index (χ3n) is 3.86. The van der Waals surface area contributed by atoms with Gasteiger partial charge in [-0.25, -0.2) is 0 Å². The maximum absolute atomic E-state index is 12.2. The number of hydrogen-bond donors (Lipinski definition) is 0. The fourth-order valence-electron chi connectivity index (χ4n) is 2.49. The lowest BCUT2D eigenvalue weighted by atomic mass is 9.94. The zero-order chi connectivity index (χ0) is 19.0. The van der Waals surface area contributed by atoms with Crippen molar-refractivity contribution in [1.82, 2.24) is 4.90 Å². The Kier molecular flexibility index (Phi) is 8.97. The highest BCUT2D eigenvalue weighted by Crippen LogP contribution is 2.22. The summed E-state index contributed by atoms with van der Waals surface area (Å²) in [4.78, 5) is 49.2. The molecule has 0 aromatic heterocycles. The zero-order valence-corrected chi connectivity index (χ0v) is 15.0. The summed E-state index contributed by atoms with van der Waals surface area (Å²) < 4.78 is 18.7. The Labute approximate surface area is 141 Å². The van der Waals surface area contributed by atoms with Crippen LogP contribution in [0.1, 0.15) is 13.8 Å². The number of rotatable bonds is 8. The topological polar surface area (TPSA) is 108 Å². The zero-order valence-electron chi connectivity index (χ0n) is 15.0. The molecule has 138 valence electrons. The molecule has 0 bridgehead atoms. The summed E-state index contributed by atoms with van der Waals surface area (Å²) in [6.45, 7) is 2.92. The molecule has 0 amide bonds. The summed E-state index contributed by atoms with van der Waals surface area (Å²) in [5, 5.41) is 0. The van der Waals surface area contributed by atoms with E-state index in [1.54, 1.807) is 0 Å². The molecule has 0 spiro atoms. The third kappa shape index (κ3) is 4.92. The van der Waals surface area contributed by atoms with Gasteiger partial charge in [-0.05, 0) is 20.9 Å². The second-order valence-corrected chi connectivity index (χ2v) is 5.23. The van der Waals surface area contributed by atoms with E-state index < -0.39 is 47.8 Å². The molecule has 0 aliphatic carbocycles. The van der Waals surface area contributed by atoms with Crippen LogP contribution < -0.4 is 0 Å². The summed E-state index contributed by atoms with van der Waals surface area (Å²) in [7, 11) is 6.10. The Bertz CT molecular complexity index is 436. The highest BCUT2D eigenvalue weighted by Gasteiger charge is 2.44. The molecular formula is C15H25NO8. The largest absolute Gasteiger partial charge is 0.469 e. The average molecular weight is 347 g/mol. The number of methoxy groups -OCH3 is 4. The van der Waals surface area contributed by atoms with Gasteiger partial charge in [-0.2, -0.15) is 0 Å². The van der Waals surface area contributed by atoms with Crippen molar-refractivity contribution < 1.29 is 38.1 Å². The second kappa shape index (κ2) is 9.86. The first-order valence-corrected chi connectivity index (χ1v) is 7.21. The number of likely N-dealkylation sites (N-methyl/N-ethyl adjacent to an activating group) is 1. The van der Waals surface area contributed by atoms with Crippen molar-refractivity contribution >= 4 is 23.9 Å². The quantitative estimate of drug-likeness (QED) is 0.429. The molecule has 24 heavy (non-hydrogen) atoms. The van der Waals surface area contributed by atoms with Crippen LogP contribution in [0.3, 0.4) is 0 Å². The molecule has 9 heteroatoms. The van der Waals surface area contributed by atoms with Crippen LogP contribution in [0.5, 0.6) is 0 Å². The number of hydrogen-bond acceptors (Lipinski definition) is 9. The van der Waals surface area contributed by atoms with Gasteiger partial charge in [0.1, 0.15) is 12.1 Å². The van der Waals surface area contributed by atoms with Crippen molar-refractivity contribution in [1.29, 1.82) is 0 Å². The van der Waals surface area contributed by atoms with E-state index in [1.165, 1.54) is 40.0 Å². The molecule has 4 atom stereocenters. The predicted octanol–water partition coefficient (Wildman–Crippen LogP) is -0.380. The van der Waals surface area contributed by atoms with E-state index >= 15 is 0 Å². The molecule has 9 nitrogen and oxygen atoms in total. The van der Waals surface area contributed by atoms with E-state index in [4.69, 9.17) is 9.47 Å². The summed E-state index contributed by atoms with van der Waals surface area (Å²) >= 11 is 0. The van der Waals surface area contributed by atoms with Gasteiger partial charge < -0.3 is 18.9 Å². The highest BCUT2D eigenvalue weighted by atomic mass is 16.5. The summed E-state index contributed by atoms with van der Waals surface area (Å²) in [5.41, 5.74) is 0. The molecule has 0 rings (SSSR count). The maximum atomic E-state index is 12.2. The number of ether oxygens (including phenoxy) is 4. The Morgan fingerprint density at radius 2 is 0.875 bits per heavy atom. The molecule has 0 aliphatic heterocycles. The van der Waals surface area contributed by atoms with Gasteiger partial charge in [-0.15, -0.1) is 0 Å². The summed E-state index contributed by atoms with van der Waals surface area (Å²) in [6.07, 6.45) is 0. The number of carbonyl (C=O) groups is 4. The maximum Gasteiger partial charge on any atom is 0.323 e. The van der Waals surface area contributed by atoms with Crippen LogP contribution >= 0.6 is 0 Å². The Hall–Kier alpha value is -2.16. The van der Waals surface area contributed by atoms with E-state index in [0.29, 0.717) is 0 Å². The van der Waals surface area contributed by atoms with Crippen LogP contribution in [0.15, 0.2) is 0 Å². The third-order valence-corrected chi connectivity index (χ3v) is 3.86. The van der Waals surface area contributed by atoms with Crippen LogP contribution in [0, 0.1) is 11.8 Å². The minimum atomic E-state index is -1.15. The minimum absolute atomic E-state index is 0.661. The molecule has 0 saturated heterocycles. The molecular weight excluding hydrogens is 322 g/mol. The van der Waals surface area contributed by atoms with Gasteiger partial charge in [0.25, 0.3) is 0 Å². The standard InChI is InChI=1S/C15H25NO8/c1-8(12(17)21-4)10(14(19)23-6)16(3)11(15(20)24-7)9(2)13(18)22-5/h8-11H,1-7H3. The van der Waals surface area contributed by atoms with Gasteiger partial charge >= 0.3 is 23.9 Å². The van der Waals surface area contributed by atoms with Crippen molar-refractivity contribution in [3.63, 3.8) is 0 Å². The minimum Gasteiger partial charge on any atom is -0.469 e. The van der Waals surface area contributed by atoms with Crippen molar-refractivity contribution in [3.05, 3.63) is 0 Å². The van der Waals surface area contributed by atoms with E-state index in [-0.39, 0.29) is 0 Å². The van der Waals surface area contributed by atoms with E-state index in [1.807, 2.05) is 0 Å². The molecule has 4 unspecified atom stereocenters. The first-order valence-electron chi connectivity index (χ1n) is 7.21. The fourth-order valence-corrected chi connectivity index (χ4v) is 2.49. The van der Waals surface area contributed by atoms with E-state index in [9.17, 15) is 19.2 Å². The molecule has 0 radical (unpaired) electrons. The summed E-state index contributed by atoms with van der Waals surface area (Å²) in [6, 6.07) is -2.31. The molecule has 0 N–H and O–H groups in total. The normalized spacial score (nSPS) is 15.7. The Balaban J connectivity index is 5.85. The fraction of sp³-hybridized carbons (Fsp3) is 0.733. The van der Waals surface area contributed by atoms with Crippen LogP contribution in [0.2, 0.25) is 0 Å². The van der Waals surface area contributed by atoms with Crippen LogP contribution in [0.4, 0.5) is 0 Å². The van der Waals surface area contributed by atoms with Crippen LogP contribution in [-0.2, 0) is 38.1 Å². The molecule has 0 aromatic rings. The van der Waals surface area contributed by atoms with Crippen molar-refractivity contribution in [2.24, 2.45) is 11.8 Å². The Morgan fingerprint density at radius 1 is 0.625 bits per heavy atom. The first kappa shape index (κ1) is 21.8. The second-order valence-electron chi connectivity index (χ2n) is 5.23. The SMILES string of the molecule is COC(=O)C(C)C(C(=O)OC)N(C)C(C(=O)OC)C(C)C(=O)OC. The van der Waals surface area contributed by atoms with Crippen molar-refractivity contribution in [2.75, 3.05) is 35.5 Å².